The van der Waals surface area contributed by atoms with E-state index in [9.17, 15) is 13.2 Å². The first-order valence-corrected chi connectivity index (χ1v) is 6.59. The number of imidazole rings is 1. The Labute approximate surface area is 123 Å². The molecule has 0 saturated heterocycles. The largest absolute Gasteiger partial charge is 0.417 e. The van der Waals surface area contributed by atoms with Crippen molar-refractivity contribution in [1.29, 1.82) is 0 Å². The molecule has 0 spiro atoms. The molecule has 0 aliphatic rings. The van der Waals surface area contributed by atoms with E-state index in [-0.39, 0.29) is 5.88 Å². The van der Waals surface area contributed by atoms with Crippen molar-refractivity contribution in [2.75, 3.05) is 0 Å². The maximum absolute atomic E-state index is 12.8. The van der Waals surface area contributed by atoms with Crippen LogP contribution in [0, 0.1) is 0 Å². The van der Waals surface area contributed by atoms with E-state index in [0.717, 1.165) is 12.3 Å². The summed E-state index contributed by atoms with van der Waals surface area (Å²) in [5, 5.41) is 0. The van der Waals surface area contributed by atoms with Crippen LogP contribution in [0.25, 0.3) is 17.0 Å². The summed E-state index contributed by atoms with van der Waals surface area (Å²) in [6, 6.07) is 7.60. The quantitative estimate of drug-likeness (QED) is 0.665. The first-order chi connectivity index (χ1) is 10.0. The molecule has 3 aromatic rings. The molecule has 0 unspecified atom stereocenters. The highest BCUT2D eigenvalue weighted by atomic mass is 35.5. The molecule has 0 aliphatic carbocycles. The number of aromatic nitrogens is 3. The van der Waals surface area contributed by atoms with Gasteiger partial charge in [-0.05, 0) is 24.3 Å². The van der Waals surface area contributed by atoms with Crippen LogP contribution in [-0.4, -0.2) is 14.4 Å². The molecule has 3 rings (SSSR count). The zero-order valence-corrected chi connectivity index (χ0v) is 11.4. The molecule has 0 N–H and O–H groups in total. The third-order valence-corrected chi connectivity index (χ3v) is 3.33. The van der Waals surface area contributed by atoms with Crippen LogP contribution < -0.4 is 0 Å². The Balaban J connectivity index is 2.24. The fourth-order valence-corrected chi connectivity index (χ4v) is 2.35. The third kappa shape index (κ3) is 2.47. The Bertz CT molecular complexity index is 781. The summed E-state index contributed by atoms with van der Waals surface area (Å²) in [7, 11) is 0. The third-order valence-electron chi connectivity index (χ3n) is 3.08. The Kier molecular flexibility index (Phi) is 3.33. The van der Waals surface area contributed by atoms with Gasteiger partial charge in [0.25, 0.3) is 0 Å². The minimum atomic E-state index is -4.41. The smallest absolute Gasteiger partial charge is 0.302 e. The van der Waals surface area contributed by atoms with Gasteiger partial charge in [-0.15, -0.1) is 11.6 Å². The van der Waals surface area contributed by atoms with Gasteiger partial charge in [0.15, 0.2) is 0 Å². The molecular weight excluding hydrogens is 303 g/mol. The summed E-state index contributed by atoms with van der Waals surface area (Å²) >= 11 is 5.90. The molecule has 0 bridgehead atoms. The van der Waals surface area contributed by atoms with E-state index in [1.165, 1.54) is 10.5 Å². The second kappa shape index (κ2) is 5.04. The molecule has 108 valence electrons. The fraction of sp³-hybridized carbons (Fsp3) is 0.143. The fourth-order valence-electron chi connectivity index (χ4n) is 2.10. The lowest BCUT2D eigenvalue weighted by molar-refractivity contribution is -0.137. The van der Waals surface area contributed by atoms with E-state index in [4.69, 9.17) is 11.6 Å². The summed E-state index contributed by atoms with van der Waals surface area (Å²) in [5.74, 6) is 0.0361. The van der Waals surface area contributed by atoms with Crippen LogP contribution in [-0.2, 0) is 12.1 Å². The Morgan fingerprint density at radius 1 is 1.14 bits per heavy atom. The number of hydrogen-bond acceptors (Lipinski definition) is 2. The summed E-state index contributed by atoms with van der Waals surface area (Å²) in [5.41, 5.74) is 1.21. The molecule has 0 radical (unpaired) electrons. The van der Waals surface area contributed by atoms with E-state index < -0.39 is 11.7 Å². The Hall–Kier alpha value is -2.08. The minimum absolute atomic E-state index is 0.0361. The Morgan fingerprint density at radius 3 is 2.57 bits per heavy atom. The van der Waals surface area contributed by atoms with Crippen LogP contribution in [0.3, 0.4) is 0 Å². The lowest BCUT2D eigenvalue weighted by Crippen LogP contribution is -2.06. The number of fused-ring (bicyclic) bond motifs is 1. The van der Waals surface area contributed by atoms with Crippen molar-refractivity contribution in [3.63, 3.8) is 0 Å². The van der Waals surface area contributed by atoms with Gasteiger partial charge in [0.05, 0.1) is 22.8 Å². The van der Waals surface area contributed by atoms with Gasteiger partial charge in [-0.2, -0.15) is 13.2 Å². The molecule has 3 aromatic heterocycles. The van der Waals surface area contributed by atoms with Gasteiger partial charge in [-0.3, -0.25) is 4.98 Å². The van der Waals surface area contributed by atoms with Crippen molar-refractivity contribution in [3.05, 3.63) is 54.0 Å². The predicted octanol–water partition coefficient (Wildman–Crippen LogP) is 4.15. The van der Waals surface area contributed by atoms with Gasteiger partial charge in [-0.1, -0.05) is 6.07 Å². The maximum atomic E-state index is 12.8. The number of hydrogen-bond donors (Lipinski definition) is 0. The van der Waals surface area contributed by atoms with Crippen LogP contribution in [0.4, 0.5) is 13.2 Å². The highest BCUT2D eigenvalue weighted by Gasteiger charge is 2.31. The number of nitrogens with zero attached hydrogens (tertiary/aromatic N) is 3. The van der Waals surface area contributed by atoms with Gasteiger partial charge in [0, 0.05) is 12.4 Å². The van der Waals surface area contributed by atoms with Crippen molar-refractivity contribution in [2.45, 2.75) is 12.1 Å². The molecule has 3 nitrogen and oxygen atoms in total. The monoisotopic (exact) mass is 311 g/mol. The van der Waals surface area contributed by atoms with Crippen molar-refractivity contribution >= 4 is 17.2 Å². The van der Waals surface area contributed by atoms with Gasteiger partial charge in [-0.25, -0.2) is 4.98 Å². The first-order valence-electron chi connectivity index (χ1n) is 6.06. The normalized spacial score (nSPS) is 12.0. The lowest BCUT2D eigenvalue weighted by Gasteiger charge is -2.07. The molecule has 0 fully saturated rings. The summed E-state index contributed by atoms with van der Waals surface area (Å²) in [6.45, 7) is 0. The van der Waals surface area contributed by atoms with Crippen molar-refractivity contribution in [1.82, 2.24) is 14.4 Å². The highest BCUT2D eigenvalue weighted by Crippen LogP contribution is 2.31. The van der Waals surface area contributed by atoms with E-state index >= 15 is 0 Å². The minimum Gasteiger partial charge on any atom is -0.302 e. The SMILES string of the molecule is FC(F)(F)c1ccc2nc(-c3ccccn3)c(CCl)n2c1. The van der Waals surface area contributed by atoms with Gasteiger partial charge in [0.1, 0.15) is 11.3 Å². The van der Waals surface area contributed by atoms with Crippen LogP contribution >= 0.6 is 11.6 Å². The summed E-state index contributed by atoms with van der Waals surface area (Å²) in [6.07, 6.45) is -1.81. The van der Waals surface area contributed by atoms with E-state index in [1.807, 2.05) is 0 Å². The summed E-state index contributed by atoms with van der Waals surface area (Å²) < 4.78 is 39.8. The standard InChI is InChI=1S/C14H9ClF3N3/c15-7-11-13(10-3-1-2-6-19-10)20-12-5-4-9(8-21(11)12)14(16,17)18/h1-6,8H,7H2. The predicted molar refractivity (Wildman–Crippen MR) is 73.0 cm³/mol. The molecule has 0 saturated carbocycles. The highest BCUT2D eigenvalue weighted by molar-refractivity contribution is 6.17. The molecule has 0 atom stereocenters. The van der Waals surface area contributed by atoms with Crippen LogP contribution in [0.15, 0.2) is 42.7 Å². The molecule has 0 aromatic carbocycles. The second-order valence-electron chi connectivity index (χ2n) is 4.40. The van der Waals surface area contributed by atoms with E-state index in [1.54, 1.807) is 24.4 Å². The topological polar surface area (TPSA) is 30.2 Å². The number of rotatable bonds is 2. The zero-order chi connectivity index (χ0) is 15.0. The van der Waals surface area contributed by atoms with Crippen LogP contribution in [0.5, 0.6) is 0 Å². The van der Waals surface area contributed by atoms with Crippen LogP contribution in [0.2, 0.25) is 0 Å². The van der Waals surface area contributed by atoms with E-state index in [2.05, 4.69) is 9.97 Å². The molecule has 0 amide bonds. The lowest BCUT2D eigenvalue weighted by atomic mass is 10.2. The number of alkyl halides is 4. The Morgan fingerprint density at radius 2 is 1.95 bits per heavy atom. The summed E-state index contributed by atoms with van der Waals surface area (Å²) in [4.78, 5) is 8.49. The van der Waals surface area contributed by atoms with Crippen molar-refractivity contribution in [2.24, 2.45) is 0 Å². The molecule has 21 heavy (non-hydrogen) atoms. The van der Waals surface area contributed by atoms with Crippen molar-refractivity contribution < 1.29 is 13.2 Å². The van der Waals surface area contributed by atoms with Gasteiger partial charge in [0.2, 0.25) is 0 Å². The van der Waals surface area contributed by atoms with E-state index in [0.29, 0.717) is 22.7 Å². The zero-order valence-electron chi connectivity index (χ0n) is 10.6. The molecule has 0 aliphatic heterocycles. The molecular formula is C14H9ClF3N3. The number of pyridine rings is 2. The average Bonchev–Trinajstić information content (AvgIpc) is 2.84. The molecule has 3 heterocycles. The average molecular weight is 312 g/mol. The molecule has 7 heteroatoms. The van der Waals surface area contributed by atoms with Gasteiger partial charge >= 0.3 is 6.18 Å². The van der Waals surface area contributed by atoms with Gasteiger partial charge < -0.3 is 4.40 Å². The first kappa shape index (κ1) is 13.9. The number of halogens is 4. The van der Waals surface area contributed by atoms with Crippen LogP contribution in [0.1, 0.15) is 11.3 Å². The van der Waals surface area contributed by atoms with Crippen molar-refractivity contribution in [3.8, 4) is 11.4 Å². The maximum Gasteiger partial charge on any atom is 0.417 e. The second-order valence-corrected chi connectivity index (χ2v) is 4.67.